The fourth-order valence-electron chi connectivity index (χ4n) is 2.49. The molecule has 2 atom stereocenters. The summed E-state index contributed by atoms with van der Waals surface area (Å²) in [5.74, 6) is -2.56. The molecule has 3 rings (SSSR count). The number of hydrogen-bond donors (Lipinski definition) is 1. The summed E-state index contributed by atoms with van der Waals surface area (Å²) in [5, 5.41) is 0. The van der Waals surface area contributed by atoms with Crippen LogP contribution in [0.2, 0.25) is 0 Å². The molecule has 120 valence electrons. The molecule has 1 N–H and O–H groups in total. The number of halogens is 2. The second-order valence-corrected chi connectivity index (χ2v) is 7.08. The lowest BCUT2D eigenvalue weighted by atomic mass is 10.1. The van der Waals surface area contributed by atoms with Crippen LogP contribution in [0.4, 0.5) is 8.78 Å². The second kappa shape index (κ2) is 5.73. The third kappa shape index (κ3) is 3.24. The number of sulfonamides is 1. The molecule has 0 spiro atoms. The van der Waals surface area contributed by atoms with Gasteiger partial charge in [-0.1, -0.05) is 18.2 Å². The van der Waals surface area contributed by atoms with Gasteiger partial charge in [0.1, 0.15) is 11.6 Å². The highest BCUT2D eigenvalue weighted by Gasteiger charge is 2.46. The van der Waals surface area contributed by atoms with E-state index in [2.05, 4.69) is 0 Å². The molecule has 1 aliphatic carbocycles. The van der Waals surface area contributed by atoms with E-state index in [0.717, 1.165) is 24.3 Å². The van der Waals surface area contributed by atoms with Crippen LogP contribution in [-0.2, 0) is 14.8 Å². The van der Waals surface area contributed by atoms with Gasteiger partial charge < -0.3 is 0 Å². The summed E-state index contributed by atoms with van der Waals surface area (Å²) < 4.78 is 52.6. The Morgan fingerprint density at radius 3 is 2.35 bits per heavy atom. The molecule has 23 heavy (non-hydrogen) atoms. The van der Waals surface area contributed by atoms with E-state index in [1.165, 1.54) is 6.07 Å². The van der Waals surface area contributed by atoms with Crippen LogP contribution in [0, 0.1) is 17.6 Å². The summed E-state index contributed by atoms with van der Waals surface area (Å²) >= 11 is 0. The minimum atomic E-state index is -4.06. The van der Waals surface area contributed by atoms with Crippen molar-refractivity contribution in [1.82, 2.24) is 4.72 Å². The van der Waals surface area contributed by atoms with Crippen LogP contribution in [-0.4, -0.2) is 14.3 Å². The van der Waals surface area contributed by atoms with Gasteiger partial charge in [0, 0.05) is 5.92 Å². The first kappa shape index (κ1) is 15.6. The predicted octanol–water partition coefficient (Wildman–Crippen LogP) is 2.57. The number of nitrogens with one attached hydrogen (secondary N) is 1. The zero-order chi connectivity index (χ0) is 16.6. The van der Waals surface area contributed by atoms with Crippen molar-refractivity contribution in [3.8, 4) is 0 Å². The van der Waals surface area contributed by atoms with Crippen molar-refractivity contribution >= 4 is 15.9 Å². The van der Waals surface area contributed by atoms with E-state index < -0.39 is 33.5 Å². The molecular formula is C16H13F2NO3S. The molecule has 0 aliphatic heterocycles. The lowest BCUT2D eigenvalue weighted by Crippen LogP contribution is -2.32. The number of hydrogen-bond acceptors (Lipinski definition) is 3. The zero-order valence-corrected chi connectivity index (χ0v) is 12.7. The number of amides is 1. The Morgan fingerprint density at radius 1 is 1.04 bits per heavy atom. The van der Waals surface area contributed by atoms with E-state index in [9.17, 15) is 22.0 Å². The molecule has 2 aromatic carbocycles. The zero-order valence-electron chi connectivity index (χ0n) is 11.9. The predicted molar refractivity (Wildman–Crippen MR) is 79.0 cm³/mol. The standard InChI is InChI=1S/C16H13F2NO3S/c17-10-5-7-11(8-6-10)23(21,22)19-16(20)14-9-13(14)12-3-1-2-4-15(12)18/h1-8,13-14H,9H2,(H,19,20). The molecule has 7 heteroatoms. The smallest absolute Gasteiger partial charge is 0.264 e. The van der Waals surface area contributed by atoms with E-state index in [1.807, 2.05) is 4.72 Å². The Morgan fingerprint density at radius 2 is 1.70 bits per heavy atom. The molecule has 0 aromatic heterocycles. The van der Waals surface area contributed by atoms with Crippen LogP contribution in [0.15, 0.2) is 53.4 Å². The lowest BCUT2D eigenvalue weighted by Gasteiger charge is -2.07. The maximum Gasteiger partial charge on any atom is 0.264 e. The van der Waals surface area contributed by atoms with E-state index in [0.29, 0.717) is 12.0 Å². The van der Waals surface area contributed by atoms with Crippen molar-refractivity contribution in [3.63, 3.8) is 0 Å². The van der Waals surface area contributed by atoms with Gasteiger partial charge in [0.05, 0.1) is 4.90 Å². The van der Waals surface area contributed by atoms with Crippen LogP contribution >= 0.6 is 0 Å². The quantitative estimate of drug-likeness (QED) is 0.933. The molecule has 1 saturated carbocycles. The molecule has 0 heterocycles. The van der Waals surface area contributed by atoms with Crippen molar-refractivity contribution in [1.29, 1.82) is 0 Å². The Hall–Kier alpha value is -2.28. The number of carbonyl (C=O) groups excluding carboxylic acids is 1. The topological polar surface area (TPSA) is 63.2 Å². The minimum absolute atomic E-state index is 0.199. The minimum Gasteiger partial charge on any atom is -0.274 e. The first-order valence-electron chi connectivity index (χ1n) is 6.95. The Balaban J connectivity index is 1.71. The molecule has 4 nitrogen and oxygen atoms in total. The summed E-state index contributed by atoms with van der Waals surface area (Å²) in [5.41, 5.74) is 0.409. The van der Waals surface area contributed by atoms with Gasteiger partial charge in [-0.25, -0.2) is 21.9 Å². The summed E-state index contributed by atoms with van der Waals surface area (Å²) in [6, 6.07) is 10.3. The van der Waals surface area contributed by atoms with Crippen molar-refractivity contribution in [2.45, 2.75) is 17.2 Å². The highest BCUT2D eigenvalue weighted by atomic mass is 32.2. The van der Waals surface area contributed by atoms with Crippen molar-refractivity contribution in [2.75, 3.05) is 0 Å². The Labute approximate surface area is 132 Å². The van der Waals surface area contributed by atoms with Crippen molar-refractivity contribution in [2.24, 2.45) is 5.92 Å². The molecule has 0 bridgehead atoms. The van der Waals surface area contributed by atoms with Crippen LogP contribution in [0.5, 0.6) is 0 Å². The fraction of sp³-hybridized carbons (Fsp3) is 0.188. The fourth-order valence-corrected chi connectivity index (χ4v) is 3.51. The summed E-state index contributed by atoms with van der Waals surface area (Å²) in [7, 11) is -4.06. The van der Waals surface area contributed by atoms with E-state index in [-0.39, 0.29) is 10.8 Å². The first-order chi connectivity index (χ1) is 10.9. The molecular weight excluding hydrogens is 324 g/mol. The highest BCUT2D eigenvalue weighted by molar-refractivity contribution is 7.90. The number of rotatable bonds is 4. The molecule has 0 radical (unpaired) electrons. The highest BCUT2D eigenvalue weighted by Crippen LogP contribution is 2.48. The van der Waals surface area contributed by atoms with Crippen molar-refractivity contribution < 1.29 is 22.0 Å². The molecule has 1 aliphatic rings. The summed E-state index contributed by atoms with van der Waals surface area (Å²) in [6.07, 6.45) is 0.395. The van der Waals surface area contributed by atoms with Gasteiger partial charge >= 0.3 is 0 Å². The molecule has 1 amide bonds. The molecule has 0 saturated heterocycles. The third-order valence-electron chi connectivity index (χ3n) is 3.79. The van der Waals surface area contributed by atoms with Gasteiger partial charge in [-0.05, 0) is 48.2 Å². The maximum absolute atomic E-state index is 13.7. The second-order valence-electron chi connectivity index (χ2n) is 5.39. The summed E-state index contributed by atoms with van der Waals surface area (Å²) in [4.78, 5) is 11.9. The van der Waals surface area contributed by atoms with Crippen LogP contribution in [0.25, 0.3) is 0 Å². The summed E-state index contributed by atoms with van der Waals surface area (Å²) in [6.45, 7) is 0. The first-order valence-corrected chi connectivity index (χ1v) is 8.43. The van der Waals surface area contributed by atoms with Gasteiger partial charge in [-0.2, -0.15) is 0 Å². The van der Waals surface area contributed by atoms with Gasteiger partial charge in [-0.3, -0.25) is 4.79 Å². The average Bonchev–Trinajstić information content (AvgIpc) is 3.28. The monoisotopic (exact) mass is 337 g/mol. The van der Waals surface area contributed by atoms with E-state index in [4.69, 9.17) is 0 Å². The van der Waals surface area contributed by atoms with E-state index >= 15 is 0 Å². The van der Waals surface area contributed by atoms with Gasteiger partial charge in [0.15, 0.2) is 0 Å². The van der Waals surface area contributed by atoms with Gasteiger partial charge in [0.2, 0.25) is 5.91 Å². The molecule has 1 fully saturated rings. The van der Waals surface area contributed by atoms with Gasteiger partial charge in [0.25, 0.3) is 10.0 Å². The molecule has 2 unspecified atom stereocenters. The average molecular weight is 337 g/mol. The molecule has 2 aromatic rings. The van der Waals surface area contributed by atoms with Gasteiger partial charge in [-0.15, -0.1) is 0 Å². The third-order valence-corrected chi connectivity index (χ3v) is 5.15. The lowest BCUT2D eigenvalue weighted by molar-refractivity contribution is -0.120. The Kier molecular flexibility index (Phi) is 3.89. The van der Waals surface area contributed by atoms with E-state index in [1.54, 1.807) is 18.2 Å². The number of carbonyl (C=O) groups is 1. The Bertz CT molecular complexity index is 850. The number of benzene rings is 2. The normalized spacial score (nSPS) is 20.1. The van der Waals surface area contributed by atoms with Crippen LogP contribution in [0.1, 0.15) is 17.9 Å². The van der Waals surface area contributed by atoms with Crippen molar-refractivity contribution in [3.05, 3.63) is 65.7 Å². The van der Waals surface area contributed by atoms with Crippen LogP contribution in [0.3, 0.4) is 0 Å². The maximum atomic E-state index is 13.7. The SMILES string of the molecule is O=C(NS(=O)(=O)c1ccc(F)cc1)C1CC1c1ccccc1F. The van der Waals surface area contributed by atoms with Crippen LogP contribution < -0.4 is 4.72 Å². The largest absolute Gasteiger partial charge is 0.274 e.